The van der Waals surface area contributed by atoms with Gasteiger partial charge in [0.05, 0.1) is 0 Å². The molecule has 1 saturated carbocycles. The Morgan fingerprint density at radius 2 is 1.90 bits per heavy atom. The van der Waals surface area contributed by atoms with Crippen molar-refractivity contribution in [2.75, 3.05) is 14.1 Å². The molecule has 0 aromatic heterocycles. The molecule has 2 N–H and O–H groups in total. The zero-order chi connectivity index (χ0) is 14.7. The minimum atomic E-state index is -0.954. The predicted molar refractivity (Wildman–Crippen MR) is 75.4 cm³/mol. The first-order valence-corrected chi connectivity index (χ1v) is 6.74. The van der Waals surface area contributed by atoms with Gasteiger partial charge in [-0.15, -0.1) is 0 Å². The molecule has 1 atom stereocenters. The standard InChI is InChI=1S/C15H20N2O3/c1-17(2)9-10-3-5-12(6-4-10)14(18)16-13(15(19)20)11-7-8-11/h3-6,11,13H,7-9H2,1-2H3,(H,16,18)(H,19,20). The van der Waals surface area contributed by atoms with Gasteiger partial charge in [0.1, 0.15) is 6.04 Å². The monoisotopic (exact) mass is 276 g/mol. The first-order valence-electron chi connectivity index (χ1n) is 6.74. The minimum Gasteiger partial charge on any atom is -0.480 e. The quantitative estimate of drug-likeness (QED) is 0.822. The van der Waals surface area contributed by atoms with E-state index < -0.39 is 12.0 Å². The Kier molecular flexibility index (Phi) is 4.39. The van der Waals surface area contributed by atoms with Crippen LogP contribution in [0.1, 0.15) is 28.8 Å². The van der Waals surface area contributed by atoms with Gasteiger partial charge >= 0.3 is 5.97 Å². The summed E-state index contributed by atoms with van der Waals surface area (Å²) in [7, 11) is 3.96. The van der Waals surface area contributed by atoms with Crippen LogP contribution >= 0.6 is 0 Å². The average molecular weight is 276 g/mol. The Balaban J connectivity index is 1.99. The molecule has 0 aliphatic heterocycles. The van der Waals surface area contributed by atoms with Crippen LogP contribution in [-0.4, -0.2) is 42.0 Å². The third-order valence-corrected chi connectivity index (χ3v) is 3.36. The number of benzene rings is 1. The number of carbonyl (C=O) groups is 2. The van der Waals surface area contributed by atoms with Crippen LogP contribution in [0.2, 0.25) is 0 Å². The van der Waals surface area contributed by atoms with Crippen molar-refractivity contribution < 1.29 is 14.7 Å². The Morgan fingerprint density at radius 3 is 2.35 bits per heavy atom. The van der Waals surface area contributed by atoms with Crippen LogP contribution in [-0.2, 0) is 11.3 Å². The number of hydrogen-bond acceptors (Lipinski definition) is 3. The number of aliphatic carboxylic acids is 1. The maximum Gasteiger partial charge on any atom is 0.326 e. The summed E-state index contributed by atoms with van der Waals surface area (Å²) in [6.45, 7) is 0.807. The molecule has 1 unspecified atom stereocenters. The first kappa shape index (κ1) is 14.5. The molecular weight excluding hydrogens is 256 g/mol. The largest absolute Gasteiger partial charge is 0.480 e. The SMILES string of the molecule is CN(C)Cc1ccc(C(=O)NC(C(=O)O)C2CC2)cc1. The molecule has 0 radical (unpaired) electrons. The van der Waals surface area contributed by atoms with Crippen molar-refractivity contribution in [1.29, 1.82) is 0 Å². The Bertz CT molecular complexity index is 492. The number of hydrogen-bond donors (Lipinski definition) is 2. The lowest BCUT2D eigenvalue weighted by atomic mass is 10.1. The summed E-state index contributed by atoms with van der Waals surface area (Å²) in [6.07, 6.45) is 1.75. The van der Waals surface area contributed by atoms with E-state index in [4.69, 9.17) is 5.11 Å². The van der Waals surface area contributed by atoms with Gasteiger partial charge < -0.3 is 15.3 Å². The van der Waals surface area contributed by atoms with Crippen LogP contribution in [0.5, 0.6) is 0 Å². The molecule has 1 aliphatic carbocycles. The zero-order valence-corrected chi connectivity index (χ0v) is 11.8. The molecule has 1 amide bonds. The number of rotatable bonds is 6. The molecule has 1 aromatic carbocycles. The predicted octanol–water partition coefficient (Wildman–Crippen LogP) is 1.34. The fourth-order valence-electron chi connectivity index (χ4n) is 2.16. The van der Waals surface area contributed by atoms with Crippen LogP contribution in [0.15, 0.2) is 24.3 Å². The van der Waals surface area contributed by atoms with E-state index in [0.29, 0.717) is 5.56 Å². The number of carbonyl (C=O) groups excluding carboxylic acids is 1. The highest BCUT2D eigenvalue weighted by atomic mass is 16.4. The first-order chi connectivity index (χ1) is 9.47. The molecule has 5 heteroatoms. The third-order valence-electron chi connectivity index (χ3n) is 3.36. The molecule has 5 nitrogen and oxygen atoms in total. The minimum absolute atomic E-state index is 0.0875. The van der Waals surface area contributed by atoms with E-state index in [1.807, 2.05) is 31.1 Å². The van der Waals surface area contributed by atoms with Gasteiger partial charge in [0.2, 0.25) is 0 Å². The fourth-order valence-corrected chi connectivity index (χ4v) is 2.16. The maximum absolute atomic E-state index is 12.0. The number of amides is 1. The van der Waals surface area contributed by atoms with Gasteiger partial charge in [-0.1, -0.05) is 12.1 Å². The van der Waals surface area contributed by atoms with Crippen molar-refractivity contribution in [2.24, 2.45) is 5.92 Å². The molecule has 108 valence electrons. The smallest absolute Gasteiger partial charge is 0.326 e. The van der Waals surface area contributed by atoms with Crippen LogP contribution in [0.25, 0.3) is 0 Å². The lowest BCUT2D eigenvalue weighted by molar-refractivity contribution is -0.139. The van der Waals surface area contributed by atoms with Gasteiger partial charge in [-0.05, 0) is 50.6 Å². The molecule has 0 spiro atoms. The Labute approximate surface area is 118 Å². The van der Waals surface area contributed by atoms with Crippen molar-refractivity contribution in [3.8, 4) is 0 Å². The van der Waals surface area contributed by atoms with Crippen molar-refractivity contribution in [3.05, 3.63) is 35.4 Å². The van der Waals surface area contributed by atoms with Crippen molar-refractivity contribution in [2.45, 2.75) is 25.4 Å². The third kappa shape index (κ3) is 3.81. The van der Waals surface area contributed by atoms with Crippen LogP contribution in [0.4, 0.5) is 0 Å². The van der Waals surface area contributed by atoms with Gasteiger partial charge in [0.15, 0.2) is 0 Å². The maximum atomic E-state index is 12.0. The summed E-state index contributed by atoms with van der Waals surface area (Å²) in [5, 5.41) is 11.7. The van der Waals surface area contributed by atoms with Crippen molar-refractivity contribution in [1.82, 2.24) is 10.2 Å². The van der Waals surface area contributed by atoms with E-state index in [-0.39, 0.29) is 11.8 Å². The summed E-state index contributed by atoms with van der Waals surface area (Å²) in [5.41, 5.74) is 1.61. The second kappa shape index (κ2) is 6.05. The lowest BCUT2D eigenvalue weighted by Gasteiger charge is -2.14. The number of carboxylic acids is 1. The van der Waals surface area contributed by atoms with Crippen LogP contribution in [0.3, 0.4) is 0 Å². The normalized spacial score (nSPS) is 15.9. The van der Waals surface area contributed by atoms with Gasteiger partial charge in [-0.2, -0.15) is 0 Å². The Morgan fingerprint density at radius 1 is 1.30 bits per heavy atom. The summed E-state index contributed by atoms with van der Waals surface area (Å²) in [5.74, 6) is -1.18. The molecule has 1 fully saturated rings. The number of carboxylic acid groups (broad SMARTS) is 1. The van der Waals surface area contributed by atoms with Crippen LogP contribution in [0, 0.1) is 5.92 Å². The van der Waals surface area contributed by atoms with E-state index in [2.05, 4.69) is 5.32 Å². The topological polar surface area (TPSA) is 69.6 Å². The number of nitrogens with zero attached hydrogens (tertiary/aromatic N) is 1. The summed E-state index contributed by atoms with van der Waals surface area (Å²) in [6, 6.07) is 6.49. The number of nitrogens with one attached hydrogen (secondary N) is 1. The second-order valence-corrected chi connectivity index (χ2v) is 5.56. The zero-order valence-electron chi connectivity index (χ0n) is 11.8. The van der Waals surface area contributed by atoms with Crippen molar-refractivity contribution in [3.63, 3.8) is 0 Å². The molecule has 20 heavy (non-hydrogen) atoms. The molecular formula is C15H20N2O3. The van der Waals surface area contributed by atoms with Gasteiger partial charge in [0.25, 0.3) is 5.91 Å². The molecule has 0 bridgehead atoms. The molecule has 0 saturated heterocycles. The fraction of sp³-hybridized carbons (Fsp3) is 0.467. The second-order valence-electron chi connectivity index (χ2n) is 5.56. The highest BCUT2D eigenvalue weighted by Gasteiger charge is 2.37. The summed E-state index contributed by atoms with van der Waals surface area (Å²) < 4.78 is 0. The van der Waals surface area contributed by atoms with E-state index in [0.717, 1.165) is 24.9 Å². The van der Waals surface area contributed by atoms with Gasteiger partial charge in [-0.25, -0.2) is 4.79 Å². The molecule has 1 aliphatic rings. The lowest BCUT2D eigenvalue weighted by Crippen LogP contribution is -2.42. The molecule has 2 rings (SSSR count). The van der Waals surface area contributed by atoms with Crippen LogP contribution < -0.4 is 5.32 Å². The van der Waals surface area contributed by atoms with E-state index >= 15 is 0 Å². The average Bonchev–Trinajstić information content (AvgIpc) is 3.19. The van der Waals surface area contributed by atoms with Gasteiger partial charge in [-0.3, -0.25) is 4.79 Å². The van der Waals surface area contributed by atoms with E-state index in [9.17, 15) is 9.59 Å². The molecule has 1 aromatic rings. The van der Waals surface area contributed by atoms with E-state index in [1.54, 1.807) is 12.1 Å². The highest BCUT2D eigenvalue weighted by molar-refractivity contribution is 5.96. The van der Waals surface area contributed by atoms with Crippen molar-refractivity contribution >= 4 is 11.9 Å². The van der Waals surface area contributed by atoms with E-state index in [1.165, 1.54) is 0 Å². The summed E-state index contributed by atoms with van der Waals surface area (Å²) in [4.78, 5) is 25.2. The van der Waals surface area contributed by atoms with Gasteiger partial charge in [0, 0.05) is 12.1 Å². The highest BCUT2D eigenvalue weighted by Crippen LogP contribution is 2.32. The molecule has 0 heterocycles. The summed E-state index contributed by atoms with van der Waals surface area (Å²) >= 11 is 0. The Hall–Kier alpha value is -1.88.